The molecule has 0 unspecified atom stereocenters. The molecule has 438 valence electrons. The van der Waals surface area contributed by atoms with Crippen LogP contribution in [0.2, 0.25) is 0 Å². The monoisotopic (exact) mass is 1200 g/mol. The Hall–Kier alpha value is -12.4. The van der Waals surface area contributed by atoms with Crippen molar-refractivity contribution in [2.45, 2.75) is 0 Å². The topological polar surface area (TPSA) is 51.7 Å². The number of hydrogen-bond donors (Lipinski definition) is 0. The van der Waals surface area contributed by atoms with Crippen molar-refractivity contribution in [3.63, 3.8) is 0 Å². The van der Waals surface area contributed by atoms with Gasteiger partial charge >= 0.3 is 0 Å². The van der Waals surface area contributed by atoms with Crippen LogP contribution in [0.25, 0.3) is 43.9 Å². The van der Waals surface area contributed by atoms with Gasteiger partial charge in [-0.15, -0.1) is 0 Å². The minimum absolute atomic E-state index is 0.302. The molecule has 0 saturated carbocycles. The summed E-state index contributed by atoms with van der Waals surface area (Å²) in [4.78, 5) is 12.1. The van der Waals surface area contributed by atoms with Gasteiger partial charge in [0.05, 0.1) is 22.7 Å². The van der Waals surface area contributed by atoms with Crippen LogP contribution in [-0.4, -0.2) is 13.4 Å². The summed E-state index contributed by atoms with van der Waals surface area (Å²) in [6.45, 7) is -0.618. The quantitative estimate of drug-likeness (QED) is 0.133. The second kappa shape index (κ2) is 20.6. The van der Waals surface area contributed by atoms with Crippen molar-refractivity contribution in [3.05, 3.63) is 322 Å². The summed E-state index contributed by atoms with van der Waals surface area (Å²) < 4.78 is 22.3. The molecule has 14 aromatic carbocycles. The minimum atomic E-state index is -0.317. The Bertz CT molecular complexity index is 5620. The average Bonchev–Trinajstić information content (AvgIpc) is 0.920. The van der Waals surface area contributed by atoms with Crippen molar-refractivity contribution in [1.29, 1.82) is 0 Å². The molecule has 0 radical (unpaired) electrons. The SMILES string of the molecule is c1ccc(N(c2ccccc2)c2cc3c4c(c2)N(c2ccccc2)c2c(ccc5c2oc2ccccc25)B4c2cc4c(cc2O3)N(c2ccccc2)c2cc(N(c3ccccc3)c3ccccc3)cc3c2B4c2ccc4c(oc5ccccc54)c2N3c2ccccc2)cc1. The van der Waals surface area contributed by atoms with Gasteiger partial charge in [-0.25, -0.2) is 0 Å². The fraction of sp³-hybridized carbons (Fsp3) is 0. The Labute approximate surface area is 543 Å². The third-order valence-corrected chi connectivity index (χ3v) is 19.6. The van der Waals surface area contributed by atoms with Crippen LogP contribution in [0.3, 0.4) is 0 Å². The maximum atomic E-state index is 7.84. The molecule has 4 aliphatic heterocycles. The van der Waals surface area contributed by atoms with Crippen LogP contribution in [-0.2, 0) is 0 Å². The first-order chi connectivity index (χ1) is 46.7. The van der Waals surface area contributed by atoms with Gasteiger partial charge in [-0.1, -0.05) is 194 Å². The predicted octanol–water partition coefficient (Wildman–Crippen LogP) is 18.9. The van der Waals surface area contributed by atoms with E-state index in [-0.39, 0.29) is 13.4 Å². The van der Waals surface area contributed by atoms with E-state index in [1.54, 1.807) is 0 Å². The Kier molecular flexibility index (Phi) is 11.5. The number of nitrogens with zero attached hydrogens (tertiary/aromatic N) is 5. The Balaban J connectivity index is 0.911. The lowest BCUT2D eigenvalue weighted by Crippen LogP contribution is -2.64. The highest BCUT2D eigenvalue weighted by molar-refractivity contribution is 7.03. The maximum Gasteiger partial charge on any atom is 0.256 e. The molecule has 0 saturated heterocycles. The smallest absolute Gasteiger partial charge is 0.256 e. The number of para-hydroxylation sites is 9. The zero-order chi connectivity index (χ0) is 61.5. The van der Waals surface area contributed by atoms with E-state index in [9.17, 15) is 0 Å². The van der Waals surface area contributed by atoms with Crippen LogP contribution in [0.4, 0.5) is 85.3 Å². The van der Waals surface area contributed by atoms with E-state index < -0.39 is 0 Å². The molecule has 8 nitrogen and oxygen atoms in total. The molecule has 20 rings (SSSR count). The Morgan fingerprint density at radius 3 is 1.09 bits per heavy atom. The largest absolute Gasteiger partial charge is 0.458 e. The van der Waals surface area contributed by atoms with E-state index in [1.165, 1.54) is 5.46 Å². The number of hydrogen-bond acceptors (Lipinski definition) is 8. The molecule has 16 aromatic rings. The van der Waals surface area contributed by atoms with E-state index >= 15 is 0 Å². The summed E-state index contributed by atoms with van der Waals surface area (Å²) in [7, 11) is 0. The highest BCUT2D eigenvalue weighted by atomic mass is 16.5. The molecule has 0 amide bonds. The summed E-state index contributed by atoms with van der Waals surface area (Å²) in [6.07, 6.45) is 0. The summed E-state index contributed by atoms with van der Waals surface area (Å²) in [5.41, 5.74) is 25.4. The van der Waals surface area contributed by atoms with Crippen molar-refractivity contribution in [1.82, 2.24) is 0 Å². The molecule has 4 aliphatic rings. The fourth-order valence-corrected chi connectivity index (χ4v) is 15.7. The van der Waals surface area contributed by atoms with Gasteiger partial charge in [0.15, 0.2) is 11.2 Å². The molecule has 94 heavy (non-hydrogen) atoms. The fourth-order valence-electron chi connectivity index (χ4n) is 15.7. The van der Waals surface area contributed by atoms with Gasteiger partial charge in [0, 0.05) is 96.2 Å². The molecule has 0 N–H and O–H groups in total. The van der Waals surface area contributed by atoms with Crippen molar-refractivity contribution in [3.8, 4) is 11.5 Å². The number of ether oxygens (including phenoxy) is 1. The van der Waals surface area contributed by atoms with Crippen molar-refractivity contribution in [2.24, 2.45) is 0 Å². The number of benzene rings is 14. The summed E-state index contributed by atoms with van der Waals surface area (Å²) in [5.74, 6) is 1.56. The molecule has 0 spiro atoms. The molecule has 2 aromatic heterocycles. The first kappa shape index (κ1) is 52.4. The maximum absolute atomic E-state index is 7.84. The molecular weight excluding hydrogens is 1150 g/mol. The van der Waals surface area contributed by atoms with E-state index in [0.717, 1.165) is 168 Å². The van der Waals surface area contributed by atoms with Crippen LogP contribution in [0, 0.1) is 0 Å². The molecule has 0 fully saturated rings. The molecular formula is C84H53B2N5O3. The van der Waals surface area contributed by atoms with Gasteiger partial charge < -0.3 is 38.1 Å². The van der Waals surface area contributed by atoms with Crippen molar-refractivity contribution < 1.29 is 13.6 Å². The van der Waals surface area contributed by atoms with Gasteiger partial charge in [-0.2, -0.15) is 0 Å². The molecule has 0 bridgehead atoms. The standard InChI is InChI=1S/C84H53B2N5O3/c1-8-26-54(27-9-1)87(55-28-10-2-11-29-55)61-48-72-79-73(49-61)90(59-36-18-6-19-37-59)81-67(46-44-65-63-40-22-24-42-75(63)93-83(65)81)85(79)69-52-70-77(53-71(69)89(72)58-34-16-5-17-35-58)92-78-51-62(88(56-30-12-3-13-31-56)57-32-14-4-15-33-57)50-74-80(78)86(70)68-47-45-66-64-41-23-25-43-76(64)94-84(66)82(68)91(74)60-38-20-7-21-39-60/h1-53H. The summed E-state index contributed by atoms with van der Waals surface area (Å²) >= 11 is 0. The lowest BCUT2D eigenvalue weighted by Gasteiger charge is -2.46. The van der Waals surface area contributed by atoms with Crippen LogP contribution in [0.5, 0.6) is 11.5 Å². The normalized spacial score (nSPS) is 13.1. The first-order valence-corrected chi connectivity index (χ1v) is 32.1. The Morgan fingerprint density at radius 1 is 0.255 bits per heavy atom. The number of furan rings is 2. The van der Waals surface area contributed by atoms with Crippen molar-refractivity contribution >= 4 is 175 Å². The second-order valence-corrected chi connectivity index (χ2v) is 24.7. The summed E-state index contributed by atoms with van der Waals surface area (Å²) in [6, 6.07) is 116. The van der Waals surface area contributed by atoms with Gasteiger partial charge in [0.1, 0.15) is 22.7 Å². The Morgan fingerprint density at radius 2 is 0.628 bits per heavy atom. The van der Waals surface area contributed by atoms with Crippen LogP contribution < -0.4 is 62.0 Å². The van der Waals surface area contributed by atoms with Crippen LogP contribution in [0.15, 0.2) is 330 Å². The van der Waals surface area contributed by atoms with Gasteiger partial charge in [0.25, 0.3) is 13.4 Å². The molecule has 0 atom stereocenters. The minimum Gasteiger partial charge on any atom is -0.458 e. The third-order valence-electron chi connectivity index (χ3n) is 19.6. The molecule has 6 heterocycles. The van der Waals surface area contributed by atoms with Crippen molar-refractivity contribution in [2.75, 3.05) is 24.5 Å². The van der Waals surface area contributed by atoms with Gasteiger partial charge in [0.2, 0.25) is 0 Å². The van der Waals surface area contributed by atoms with Gasteiger partial charge in [-0.05, 0) is 148 Å². The zero-order valence-corrected chi connectivity index (χ0v) is 50.7. The van der Waals surface area contributed by atoms with Gasteiger partial charge in [-0.3, -0.25) is 0 Å². The highest BCUT2D eigenvalue weighted by Gasteiger charge is 2.49. The van der Waals surface area contributed by atoms with E-state index in [2.05, 4.69) is 346 Å². The number of fused-ring (bicyclic) bond motifs is 16. The highest BCUT2D eigenvalue weighted by Crippen LogP contribution is 2.53. The van der Waals surface area contributed by atoms with E-state index in [1.807, 2.05) is 0 Å². The van der Waals surface area contributed by atoms with Crippen LogP contribution in [0.1, 0.15) is 0 Å². The number of rotatable bonds is 9. The zero-order valence-electron chi connectivity index (χ0n) is 50.7. The molecule has 10 heteroatoms. The summed E-state index contributed by atoms with van der Waals surface area (Å²) in [5, 5.41) is 4.27. The molecule has 0 aliphatic carbocycles. The second-order valence-electron chi connectivity index (χ2n) is 24.7. The third kappa shape index (κ3) is 7.77. The van der Waals surface area contributed by atoms with E-state index in [0.29, 0.717) is 0 Å². The van der Waals surface area contributed by atoms with E-state index in [4.69, 9.17) is 13.6 Å². The lowest BCUT2D eigenvalue weighted by atomic mass is 9.30. The lowest BCUT2D eigenvalue weighted by molar-refractivity contribution is 0.488. The number of anilines is 15. The van der Waals surface area contributed by atoms with Crippen LogP contribution >= 0.6 is 0 Å². The predicted molar refractivity (Wildman–Crippen MR) is 390 cm³/mol. The average molecular weight is 1200 g/mol. The first-order valence-electron chi connectivity index (χ1n) is 32.1.